The zero-order valence-corrected chi connectivity index (χ0v) is 14.6. The van der Waals surface area contributed by atoms with Crippen LogP contribution in [0.4, 0.5) is 9.59 Å². The Kier molecular flexibility index (Phi) is 5.83. The highest BCUT2D eigenvalue weighted by atomic mass is 16.8. The van der Waals surface area contributed by atoms with E-state index in [0.29, 0.717) is 24.7 Å². The van der Waals surface area contributed by atoms with Gasteiger partial charge in [0, 0.05) is 32.5 Å². The summed E-state index contributed by atoms with van der Waals surface area (Å²) >= 11 is 0. The molecule has 1 N–H and O–H groups in total. The molecule has 2 heterocycles. The number of carbonyl (C=O) groups is 4. The Morgan fingerprint density at radius 2 is 1.84 bits per heavy atom. The molecule has 1 unspecified atom stereocenters. The van der Waals surface area contributed by atoms with Gasteiger partial charge in [0.05, 0.1) is 6.04 Å². The fourth-order valence-corrected chi connectivity index (χ4v) is 2.39. The molecule has 2 saturated heterocycles. The first-order valence-electron chi connectivity index (χ1n) is 8.08. The van der Waals surface area contributed by atoms with Crippen molar-refractivity contribution < 1.29 is 33.5 Å². The van der Waals surface area contributed by atoms with Gasteiger partial charge in [-0.15, -0.1) is 0 Å². The van der Waals surface area contributed by atoms with Gasteiger partial charge in [0.1, 0.15) is 12.2 Å². The Morgan fingerprint density at radius 1 is 1.20 bits per heavy atom. The number of rotatable bonds is 3. The Morgan fingerprint density at radius 3 is 2.44 bits per heavy atom. The number of hydrogen-bond donors (Lipinski definition) is 1. The minimum atomic E-state index is -1.17. The largest absolute Gasteiger partial charge is 0.534 e. The zero-order chi connectivity index (χ0) is 18.6. The summed E-state index contributed by atoms with van der Waals surface area (Å²) in [6, 6.07) is -0.443. The van der Waals surface area contributed by atoms with E-state index < -0.39 is 35.7 Å². The van der Waals surface area contributed by atoms with E-state index in [1.807, 2.05) is 0 Å². The third-order valence-corrected chi connectivity index (χ3v) is 3.54. The molecule has 1 atom stereocenters. The van der Waals surface area contributed by atoms with E-state index in [-0.39, 0.29) is 19.4 Å². The highest BCUT2D eigenvalue weighted by Crippen LogP contribution is 2.15. The molecule has 0 aromatic heterocycles. The van der Waals surface area contributed by atoms with Crippen LogP contribution in [-0.4, -0.2) is 71.9 Å². The third-order valence-electron chi connectivity index (χ3n) is 3.54. The molecule has 0 saturated carbocycles. The second kappa shape index (κ2) is 7.68. The van der Waals surface area contributed by atoms with Crippen LogP contribution in [-0.2, 0) is 23.9 Å². The van der Waals surface area contributed by atoms with E-state index in [9.17, 15) is 19.2 Å². The lowest BCUT2D eigenvalue weighted by atomic mass is 10.2. The average molecular weight is 357 g/mol. The SMILES string of the molecule is CC(C)(C)OC(=O)N1CCNCC1COC(=O)ON1C(=O)CCC1=O. The monoisotopic (exact) mass is 357 g/mol. The molecule has 0 bridgehead atoms. The van der Waals surface area contributed by atoms with Crippen molar-refractivity contribution in [2.75, 3.05) is 26.2 Å². The molecular formula is C15H23N3O7. The predicted molar refractivity (Wildman–Crippen MR) is 83.1 cm³/mol. The highest BCUT2D eigenvalue weighted by molar-refractivity contribution is 6.01. The molecule has 0 radical (unpaired) electrons. The summed E-state index contributed by atoms with van der Waals surface area (Å²) in [6.07, 6.45) is -1.66. The Bertz CT molecular complexity index is 542. The number of imide groups is 1. The van der Waals surface area contributed by atoms with E-state index in [0.717, 1.165) is 0 Å². The third kappa shape index (κ3) is 5.31. The van der Waals surface area contributed by atoms with Gasteiger partial charge < -0.3 is 14.8 Å². The van der Waals surface area contributed by atoms with Crippen LogP contribution in [0.1, 0.15) is 33.6 Å². The van der Waals surface area contributed by atoms with E-state index in [4.69, 9.17) is 9.47 Å². The summed E-state index contributed by atoms with van der Waals surface area (Å²) in [4.78, 5) is 52.8. The zero-order valence-electron chi connectivity index (χ0n) is 14.6. The number of hydroxylamine groups is 2. The molecule has 0 spiro atoms. The lowest BCUT2D eigenvalue weighted by Gasteiger charge is -2.36. The van der Waals surface area contributed by atoms with Crippen molar-refractivity contribution in [3.63, 3.8) is 0 Å². The van der Waals surface area contributed by atoms with Crippen LogP contribution in [0.5, 0.6) is 0 Å². The maximum Gasteiger partial charge on any atom is 0.534 e. The topological polar surface area (TPSA) is 114 Å². The average Bonchev–Trinajstić information content (AvgIpc) is 2.83. The number of carbonyl (C=O) groups excluding carboxylic acids is 4. The van der Waals surface area contributed by atoms with E-state index in [2.05, 4.69) is 10.2 Å². The van der Waals surface area contributed by atoms with Gasteiger partial charge in [-0.2, -0.15) is 0 Å². The summed E-state index contributed by atoms with van der Waals surface area (Å²) in [5, 5.41) is 3.50. The number of amides is 3. The number of nitrogens with zero attached hydrogens (tertiary/aromatic N) is 2. The van der Waals surface area contributed by atoms with Gasteiger partial charge in [0.25, 0.3) is 11.8 Å². The van der Waals surface area contributed by atoms with Crippen molar-refractivity contribution in [2.24, 2.45) is 0 Å². The van der Waals surface area contributed by atoms with Gasteiger partial charge in [-0.25, -0.2) is 9.59 Å². The van der Waals surface area contributed by atoms with Gasteiger partial charge >= 0.3 is 12.2 Å². The summed E-state index contributed by atoms with van der Waals surface area (Å²) in [7, 11) is 0. The first kappa shape index (κ1) is 19.0. The van der Waals surface area contributed by atoms with Crippen molar-refractivity contribution in [3.05, 3.63) is 0 Å². The van der Waals surface area contributed by atoms with Gasteiger partial charge in [-0.1, -0.05) is 5.06 Å². The molecule has 25 heavy (non-hydrogen) atoms. The minimum Gasteiger partial charge on any atom is -0.444 e. The Hall–Kier alpha value is -2.36. The first-order valence-corrected chi connectivity index (χ1v) is 8.08. The number of piperazine rings is 1. The van der Waals surface area contributed by atoms with Crippen LogP contribution in [0, 0.1) is 0 Å². The van der Waals surface area contributed by atoms with Crippen LogP contribution in [0.25, 0.3) is 0 Å². The van der Waals surface area contributed by atoms with Crippen LogP contribution in [0.15, 0.2) is 0 Å². The first-order chi connectivity index (χ1) is 11.7. The van der Waals surface area contributed by atoms with Gasteiger partial charge in [-0.05, 0) is 20.8 Å². The normalized spacial score (nSPS) is 21.3. The Labute approximate surface area is 145 Å². The standard InChI is InChI=1S/C15H23N3O7/c1-15(2,3)24-13(21)17-7-6-16-8-10(17)9-23-14(22)25-18-11(19)4-5-12(18)20/h10,16H,4-9H2,1-3H3. The van der Waals surface area contributed by atoms with Crippen molar-refractivity contribution >= 4 is 24.1 Å². The molecule has 2 aliphatic heterocycles. The molecule has 0 aromatic carbocycles. The molecule has 0 aliphatic carbocycles. The lowest BCUT2D eigenvalue weighted by Crippen LogP contribution is -2.56. The minimum absolute atomic E-state index is 0.00504. The molecule has 2 aliphatic rings. The van der Waals surface area contributed by atoms with Gasteiger partial charge in [0.2, 0.25) is 0 Å². The maximum absolute atomic E-state index is 12.2. The fraction of sp³-hybridized carbons (Fsp3) is 0.733. The van der Waals surface area contributed by atoms with E-state index >= 15 is 0 Å². The van der Waals surface area contributed by atoms with Crippen molar-refractivity contribution in [2.45, 2.75) is 45.3 Å². The van der Waals surface area contributed by atoms with Crippen LogP contribution in [0.2, 0.25) is 0 Å². The van der Waals surface area contributed by atoms with Crippen LogP contribution >= 0.6 is 0 Å². The second-order valence-electron chi connectivity index (χ2n) is 6.77. The molecule has 0 aromatic rings. The number of nitrogens with one attached hydrogen (secondary N) is 1. The maximum atomic E-state index is 12.2. The molecule has 10 heteroatoms. The van der Waals surface area contributed by atoms with Crippen molar-refractivity contribution in [1.82, 2.24) is 15.3 Å². The van der Waals surface area contributed by atoms with Gasteiger partial charge in [-0.3, -0.25) is 19.3 Å². The second-order valence-corrected chi connectivity index (χ2v) is 6.77. The van der Waals surface area contributed by atoms with Gasteiger partial charge in [0.15, 0.2) is 0 Å². The van der Waals surface area contributed by atoms with Crippen LogP contribution < -0.4 is 5.32 Å². The van der Waals surface area contributed by atoms with Crippen molar-refractivity contribution in [3.8, 4) is 0 Å². The smallest absolute Gasteiger partial charge is 0.444 e. The van der Waals surface area contributed by atoms with E-state index in [1.54, 1.807) is 20.8 Å². The highest BCUT2D eigenvalue weighted by Gasteiger charge is 2.35. The number of ether oxygens (including phenoxy) is 2. The quantitative estimate of drug-likeness (QED) is 0.571. The summed E-state index contributed by atoms with van der Waals surface area (Å²) in [5.41, 5.74) is -0.636. The predicted octanol–water partition coefficient (Wildman–Crippen LogP) is 0.413. The lowest BCUT2D eigenvalue weighted by molar-refractivity contribution is -0.177. The molecule has 10 nitrogen and oxygen atoms in total. The molecule has 2 fully saturated rings. The summed E-state index contributed by atoms with van der Waals surface area (Å²) in [5.74, 6) is -1.17. The summed E-state index contributed by atoms with van der Waals surface area (Å²) in [6.45, 7) is 6.55. The molecular weight excluding hydrogens is 334 g/mol. The molecule has 140 valence electrons. The molecule has 2 rings (SSSR count). The van der Waals surface area contributed by atoms with E-state index in [1.165, 1.54) is 4.90 Å². The van der Waals surface area contributed by atoms with Crippen molar-refractivity contribution in [1.29, 1.82) is 0 Å². The Balaban J connectivity index is 1.86. The number of hydrogen-bond acceptors (Lipinski definition) is 8. The summed E-state index contributed by atoms with van der Waals surface area (Å²) < 4.78 is 10.3. The van der Waals surface area contributed by atoms with Crippen LogP contribution in [0.3, 0.4) is 0 Å². The fourth-order valence-electron chi connectivity index (χ4n) is 2.39. The molecule has 3 amide bonds.